The van der Waals surface area contributed by atoms with Crippen LogP contribution in [0.5, 0.6) is 0 Å². The van der Waals surface area contributed by atoms with E-state index < -0.39 is 12.0 Å². The third kappa shape index (κ3) is 1.81. The Hall–Kier alpha value is -1.39. The standard InChI is InChI=1S/C11H17N3O2/c1-3-9(11(15)16)14-10-5-4-7(2)6-8(10)12-13-14/h7,9H,3-6H2,1-2H3,(H,15,16). The summed E-state index contributed by atoms with van der Waals surface area (Å²) in [6.45, 7) is 4.05. The fourth-order valence-electron chi connectivity index (χ4n) is 2.28. The minimum atomic E-state index is -0.825. The van der Waals surface area contributed by atoms with Gasteiger partial charge in [-0.3, -0.25) is 0 Å². The molecule has 0 fully saturated rings. The van der Waals surface area contributed by atoms with Crippen molar-refractivity contribution in [3.05, 3.63) is 11.4 Å². The smallest absolute Gasteiger partial charge is 0.328 e. The molecule has 1 aliphatic rings. The van der Waals surface area contributed by atoms with Gasteiger partial charge in [-0.15, -0.1) is 5.10 Å². The zero-order valence-electron chi connectivity index (χ0n) is 9.68. The summed E-state index contributed by atoms with van der Waals surface area (Å²) < 4.78 is 1.60. The van der Waals surface area contributed by atoms with Crippen molar-refractivity contribution >= 4 is 5.97 Å². The summed E-state index contributed by atoms with van der Waals surface area (Å²) in [6, 6.07) is -0.565. The topological polar surface area (TPSA) is 68.0 Å². The van der Waals surface area contributed by atoms with Crippen molar-refractivity contribution in [3.63, 3.8) is 0 Å². The average molecular weight is 223 g/mol. The summed E-state index contributed by atoms with van der Waals surface area (Å²) in [5.74, 6) is -0.198. The van der Waals surface area contributed by atoms with Crippen LogP contribution < -0.4 is 0 Å². The van der Waals surface area contributed by atoms with Crippen LogP contribution in [0.1, 0.15) is 44.1 Å². The van der Waals surface area contributed by atoms with Crippen molar-refractivity contribution in [3.8, 4) is 0 Å². The molecule has 0 radical (unpaired) electrons. The molecule has 1 heterocycles. The summed E-state index contributed by atoms with van der Waals surface area (Å²) in [5, 5.41) is 17.2. The van der Waals surface area contributed by atoms with Gasteiger partial charge in [0.25, 0.3) is 0 Å². The summed E-state index contributed by atoms with van der Waals surface area (Å²) in [4.78, 5) is 11.1. The lowest BCUT2D eigenvalue weighted by Gasteiger charge is -2.19. The van der Waals surface area contributed by atoms with Crippen molar-refractivity contribution < 1.29 is 9.90 Å². The molecule has 0 aliphatic heterocycles. The highest BCUT2D eigenvalue weighted by atomic mass is 16.4. The Balaban J connectivity index is 2.33. The molecule has 1 aromatic rings. The van der Waals surface area contributed by atoms with Gasteiger partial charge in [-0.2, -0.15) is 0 Å². The average Bonchev–Trinajstić information content (AvgIpc) is 2.62. The van der Waals surface area contributed by atoms with Crippen molar-refractivity contribution in [1.82, 2.24) is 15.0 Å². The lowest BCUT2D eigenvalue weighted by Crippen LogP contribution is -2.23. The van der Waals surface area contributed by atoms with Crippen LogP contribution in [0.2, 0.25) is 0 Å². The third-order valence-corrected chi connectivity index (χ3v) is 3.25. The van der Waals surface area contributed by atoms with Crippen molar-refractivity contribution in [2.75, 3.05) is 0 Å². The van der Waals surface area contributed by atoms with Crippen molar-refractivity contribution in [2.24, 2.45) is 5.92 Å². The Morgan fingerprint density at radius 1 is 1.69 bits per heavy atom. The Labute approximate surface area is 94.5 Å². The predicted octanol–water partition coefficient (Wildman–Crippen LogP) is 1.44. The number of aliphatic carboxylic acids is 1. The second-order valence-corrected chi connectivity index (χ2v) is 4.54. The summed E-state index contributed by atoms with van der Waals surface area (Å²) >= 11 is 0. The van der Waals surface area contributed by atoms with E-state index in [9.17, 15) is 4.79 Å². The minimum Gasteiger partial charge on any atom is -0.480 e. The number of nitrogens with zero attached hydrogens (tertiary/aromatic N) is 3. The number of aromatic nitrogens is 3. The SMILES string of the molecule is CCC(C(=O)O)n1nnc2c1CCC(C)C2. The molecule has 16 heavy (non-hydrogen) atoms. The highest BCUT2D eigenvalue weighted by Crippen LogP contribution is 2.26. The van der Waals surface area contributed by atoms with Crippen LogP contribution in [-0.4, -0.2) is 26.1 Å². The summed E-state index contributed by atoms with van der Waals surface area (Å²) in [6.07, 6.45) is 3.45. The van der Waals surface area contributed by atoms with Crippen LogP contribution in [0.15, 0.2) is 0 Å². The predicted molar refractivity (Wildman–Crippen MR) is 58.2 cm³/mol. The molecule has 0 spiro atoms. The Morgan fingerprint density at radius 3 is 3.06 bits per heavy atom. The molecule has 1 aliphatic carbocycles. The molecule has 0 amide bonds. The maximum Gasteiger partial charge on any atom is 0.328 e. The van der Waals surface area contributed by atoms with Gasteiger partial charge >= 0.3 is 5.97 Å². The molecule has 2 rings (SSSR count). The molecule has 2 atom stereocenters. The van der Waals surface area contributed by atoms with E-state index in [1.165, 1.54) is 0 Å². The zero-order valence-corrected chi connectivity index (χ0v) is 9.68. The van der Waals surface area contributed by atoms with Gasteiger partial charge in [-0.25, -0.2) is 9.48 Å². The highest BCUT2D eigenvalue weighted by molar-refractivity contribution is 5.71. The van der Waals surface area contributed by atoms with Crippen LogP contribution in [0.4, 0.5) is 0 Å². The second-order valence-electron chi connectivity index (χ2n) is 4.54. The quantitative estimate of drug-likeness (QED) is 0.841. The fraction of sp³-hybridized carbons (Fsp3) is 0.727. The first-order valence-electron chi connectivity index (χ1n) is 5.79. The molecule has 1 N–H and O–H groups in total. The van der Waals surface area contributed by atoms with Crippen LogP contribution in [0, 0.1) is 5.92 Å². The van der Waals surface area contributed by atoms with E-state index in [0.29, 0.717) is 12.3 Å². The maximum absolute atomic E-state index is 11.1. The molecule has 0 aromatic carbocycles. The van der Waals surface area contributed by atoms with Gasteiger partial charge in [0.1, 0.15) is 0 Å². The Morgan fingerprint density at radius 2 is 2.44 bits per heavy atom. The summed E-state index contributed by atoms with van der Waals surface area (Å²) in [5.41, 5.74) is 2.01. The molecule has 0 bridgehead atoms. The van der Waals surface area contributed by atoms with E-state index >= 15 is 0 Å². The molecule has 0 saturated carbocycles. The molecular formula is C11H17N3O2. The van der Waals surface area contributed by atoms with Crippen LogP contribution in [-0.2, 0) is 17.6 Å². The van der Waals surface area contributed by atoms with Crippen LogP contribution in [0.3, 0.4) is 0 Å². The summed E-state index contributed by atoms with van der Waals surface area (Å²) in [7, 11) is 0. The maximum atomic E-state index is 11.1. The number of hydrogen-bond acceptors (Lipinski definition) is 3. The van der Waals surface area contributed by atoms with Gasteiger partial charge in [0, 0.05) is 0 Å². The lowest BCUT2D eigenvalue weighted by molar-refractivity contribution is -0.141. The van der Waals surface area contributed by atoms with E-state index in [0.717, 1.165) is 30.7 Å². The molecule has 1 aromatic heterocycles. The molecule has 5 heteroatoms. The second kappa shape index (κ2) is 4.23. The molecule has 0 saturated heterocycles. The number of rotatable bonds is 3. The van der Waals surface area contributed by atoms with E-state index in [1.807, 2.05) is 6.92 Å². The molecule has 2 unspecified atom stereocenters. The van der Waals surface area contributed by atoms with Crippen molar-refractivity contribution in [2.45, 2.75) is 45.6 Å². The Bertz CT molecular complexity index is 400. The number of carbonyl (C=O) groups is 1. The van der Waals surface area contributed by atoms with Gasteiger partial charge in [0.2, 0.25) is 0 Å². The number of carboxylic acid groups (broad SMARTS) is 1. The van der Waals surface area contributed by atoms with Gasteiger partial charge in [-0.1, -0.05) is 19.1 Å². The van der Waals surface area contributed by atoms with Gasteiger partial charge in [0.15, 0.2) is 6.04 Å². The largest absolute Gasteiger partial charge is 0.480 e. The minimum absolute atomic E-state index is 0.542. The van der Waals surface area contributed by atoms with Crippen LogP contribution in [0.25, 0.3) is 0 Å². The van der Waals surface area contributed by atoms with E-state index in [-0.39, 0.29) is 0 Å². The van der Waals surface area contributed by atoms with E-state index in [2.05, 4.69) is 17.2 Å². The number of carboxylic acids is 1. The zero-order chi connectivity index (χ0) is 11.7. The molecular weight excluding hydrogens is 206 g/mol. The van der Waals surface area contributed by atoms with Gasteiger partial charge < -0.3 is 5.11 Å². The van der Waals surface area contributed by atoms with Gasteiger partial charge in [-0.05, 0) is 31.6 Å². The Kier molecular flexibility index (Phi) is 2.94. The fourth-order valence-corrected chi connectivity index (χ4v) is 2.28. The normalized spacial score (nSPS) is 21.5. The first-order valence-corrected chi connectivity index (χ1v) is 5.79. The van der Waals surface area contributed by atoms with Gasteiger partial charge in [0.05, 0.1) is 11.4 Å². The molecule has 5 nitrogen and oxygen atoms in total. The first-order chi connectivity index (χ1) is 7.63. The van der Waals surface area contributed by atoms with E-state index in [1.54, 1.807) is 4.68 Å². The van der Waals surface area contributed by atoms with Crippen LogP contribution >= 0.6 is 0 Å². The first kappa shape index (κ1) is 11.1. The number of hydrogen-bond donors (Lipinski definition) is 1. The van der Waals surface area contributed by atoms with E-state index in [4.69, 9.17) is 5.11 Å². The third-order valence-electron chi connectivity index (χ3n) is 3.25. The molecule has 88 valence electrons. The van der Waals surface area contributed by atoms with Crippen molar-refractivity contribution in [1.29, 1.82) is 0 Å². The highest BCUT2D eigenvalue weighted by Gasteiger charge is 2.27. The number of fused-ring (bicyclic) bond motifs is 1. The monoisotopic (exact) mass is 223 g/mol. The lowest BCUT2D eigenvalue weighted by atomic mass is 9.91.